The Bertz CT molecular complexity index is 1100. The molecule has 0 saturated heterocycles. The van der Waals surface area contributed by atoms with Crippen LogP contribution in [0.4, 0.5) is 0 Å². The number of likely N-dealkylation sites (N-methyl/N-ethyl adjacent to an activating group) is 1. The third-order valence-corrected chi connectivity index (χ3v) is 5.33. The third-order valence-electron chi connectivity index (χ3n) is 5.09. The highest BCUT2D eigenvalue weighted by atomic mass is 35.5. The van der Waals surface area contributed by atoms with Crippen LogP contribution in [0, 0.1) is 5.21 Å². The predicted octanol–water partition coefficient (Wildman–Crippen LogP) is 3.97. The molecular formula is C20H21ClN4O. The van der Waals surface area contributed by atoms with Crippen molar-refractivity contribution in [1.29, 1.82) is 0 Å². The van der Waals surface area contributed by atoms with Gasteiger partial charge in [0.05, 0.1) is 16.3 Å². The van der Waals surface area contributed by atoms with E-state index in [2.05, 4.69) is 28.3 Å². The maximum absolute atomic E-state index is 12.6. The van der Waals surface area contributed by atoms with Gasteiger partial charge in [-0.2, -0.15) is 4.73 Å². The average molecular weight is 369 g/mol. The van der Waals surface area contributed by atoms with Crippen molar-refractivity contribution in [3.8, 4) is 0 Å². The van der Waals surface area contributed by atoms with E-state index in [1.54, 1.807) is 18.5 Å². The Kier molecular flexibility index (Phi) is 4.42. The molecule has 0 aliphatic carbocycles. The van der Waals surface area contributed by atoms with E-state index in [0.29, 0.717) is 10.5 Å². The number of hydrogen-bond acceptors (Lipinski definition) is 3. The summed E-state index contributed by atoms with van der Waals surface area (Å²) in [6.07, 6.45) is 3.45. The van der Waals surface area contributed by atoms with Crippen LogP contribution in [0.1, 0.15) is 13.8 Å². The fourth-order valence-electron chi connectivity index (χ4n) is 3.70. The average Bonchev–Trinajstić information content (AvgIpc) is 2.97. The van der Waals surface area contributed by atoms with Gasteiger partial charge in [0.25, 0.3) is 0 Å². The lowest BCUT2D eigenvalue weighted by Crippen LogP contribution is -2.28. The monoisotopic (exact) mass is 368 g/mol. The van der Waals surface area contributed by atoms with E-state index in [1.165, 1.54) is 0 Å². The molecule has 0 aliphatic rings. The zero-order valence-electron chi connectivity index (χ0n) is 14.9. The van der Waals surface area contributed by atoms with Gasteiger partial charge in [-0.3, -0.25) is 0 Å². The molecule has 0 radical (unpaired) electrons. The van der Waals surface area contributed by atoms with Gasteiger partial charge in [-0.15, -0.1) is 0 Å². The van der Waals surface area contributed by atoms with Crippen molar-refractivity contribution in [2.45, 2.75) is 20.4 Å². The standard InChI is InChI=1S/C20H21ClN4O/c1-3-23(4-2)10-11-24-19-16-8-7-14(21)12-18(16)25(26)13-17(19)15-6-5-9-22-20(15)24/h5-9,12-13H,3-4,10-11H2,1-2H3. The number of halogens is 1. The fourth-order valence-corrected chi connectivity index (χ4v) is 3.86. The minimum atomic E-state index is 0.561. The number of fused-ring (bicyclic) bond motifs is 5. The van der Waals surface area contributed by atoms with Crippen molar-refractivity contribution in [1.82, 2.24) is 14.5 Å². The number of aromatic nitrogens is 3. The molecule has 3 aromatic heterocycles. The van der Waals surface area contributed by atoms with E-state index >= 15 is 0 Å². The zero-order valence-corrected chi connectivity index (χ0v) is 15.7. The Morgan fingerprint density at radius 1 is 1.15 bits per heavy atom. The lowest BCUT2D eigenvalue weighted by molar-refractivity contribution is -0.575. The smallest absolute Gasteiger partial charge is 0.227 e. The van der Waals surface area contributed by atoms with Gasteiger partial charge in [0.1, 0.15) is 5.65 Å². The molecule has 0 spiro atoms. The van der Waals surface area contributed by atoms with E-state index in [9.17, 15) is 5.21 Å². The van der Waals surface area contributed by atoms with Crippen molar-refractivity contribution < 1.29 is 4.73 Å². The van der Waals surface area contributed by atoms with E-state index in [1.807, 2.05) is 24.3 Å². The highest BCUT2D eigenvalue weighted by molar-refractivity contribution is 6.31. The molecule has 4 rings (SSSR count). The van der Waals surface area contributed by atoms with Crippen LogP contribution in [-0.4, -0.2) is 34.1 Å². The van der Waals surface area contributed by atoms with Crippen LogP contribution < -0.4 is 4.73 Å². The molecular weight excluding hydrogens is 348 g/mol. The minimum Gasteiger partial charge on any atom is -0.618 e. The summed E-state index contributed by atoms with van der Waals surface area (Å²) in [4.78, 5) is 6.99. The molecule has 6 heteroatoms. The molecule has 0 atom stereocenters. The molecule has 0 saturated carbocycles. The summed E-state index contributed by atoms with van der Waals surface area (Å²) < 4.78 is 3.14. The van der Waals surface area contributed by atoms with Gasteiger partial charge in [0, 0.05) is 35.8 Å². The number of pyridine rings is 2. The Balaban J connectivity index is 2.03. The van der Waals surface area contributed by atoms with Gasteiger partial charge >= 0.3 is 0 Å². The summed E-state index contributed by atoms with van der Waals surface area (Å²) >= 11 is 6.12. The second-order valence-corrected chi connectivity index (χ2v) is 6.87. The van der Waals surface area contributed by atoms with Crippen molar-refractivity contribution in [2.24, 2.45) is 0 Å². The molecule has 0 unspecified atom stereocenters. The van der Waals surface area contributed by atoms with Crippen molar-refractivity contribution in [3.63, 3.8) is 0 Å². The van der Waals surface area contributed by atoms with Gasteiger partial charge in [0.2, 0.25) is 5.52 Å². The van der Waals surface area contributed by atoms with Gasteiger partial charge in [-0.25, -0.2) is 4.98 Å². The summed E-state index contributed by atoms with van der Waals surface area (Å²) in [6.45, 7) is 8.12. The summed E-state index contributed by atoms with van der Waals surface area (Å²) in [7, 11) is 0. The SMILES string of the molecule is CCN(CC)CCn1c2ncccc2c2c[n+]([O-])c3cc(Cl)ccc3c21. The number of hydrogen-bond donors (Lipinski definition) is 0. The normalized spacial score (nSPS) is 12.0. The number of nitrogens with zero attached hydrogens (tertiary/aromatic N) is 4. The van der Waals surface area contributed by atoms with Crippen molar-refractivity contribution >= 4 is 44.4 Å². The van der Waals surface area contributed by atoms with E-state index < -0.39 is 0 Å². The van der Waals surface area contributed by atoms with Crippen LogP contribution in [-0.2, 0) is 6.54 Å². The third kappa shape index (κ3) is 2.68. The zero-order chi connectivity index (χ0) is 18.3. The lowest BCUT2D eigenvalue weighted by Gasteiger charge is -2.19. The van der Waals surface area contributed by atoms with E-state index in [-0.39, 0.29) is 0 Å². The molecule has 3 heterocycles. The molecule has 1 aromatic carbocycles. The van der Waals surface area contributed by atoms with Crippen LogP contribution in [0.25, 0.3) is 32.8 Å². The molecule has 0 amide bonds. The van der Waals surface area contributed by atoms with Crippen LogP contribution >= 0.6 is 11.6 Å². The highest BCUT2D eigenvalue weighted by Crippen LogP contribution is 2.32. The van der Waals surface area contributed by atoms with E-state index in [0.717, 1.165) is 58.2 Å². The first-order valence-corrected chi connectivity index (χ1v) is 9.32. The molecule has 0 aliphatic heterocycles. The molecule has 0 bridgehead atoms. The molecule has 26 heavy (non-hydrogen) atoms. The van der Waals surface area contributed by atoms with Gasteiger partial charge < -0.3 is 14.7 Å². The summed E-state index contributed by atoms with van der Waals surface area (Å²) in [6, 6.07) is 9.44. The van der Waals surface area contributed by atoms with Crippen molar-refractivity contribution in [2.75, 3.05) is 19.6 Å². The maximum Gasteiger partial charge on any atom is 0.227 e. The maximum atomic E-state index is 12.6. The van der Waals surface area contributed by atoms with Gasteiger partial charge in [-0.05, 0) is 37.4 Å². The topological polar surface area (TPSA) is 48.0 Å². The fraction of sp³-hybridized carbons (Fsp3) is 0.300. The molecule has 0 fully saturated rings. The molecule has 134 valence electrons. The van der Waals surface area contributed by atoms with Gasteiger partial charge in [0.15, 0.2) is 6.20 Å². The Morgan fingerprint density at radius 2 is 1.96 bits per heavy atom. The largest absolute Gasteiger partial charge is 0.618 e. The first kappa shape index (κ1) is 17.1. The predicted molar refractivity (Wildman–Crippen MR) is 107 cm³/mol. The lowest BCUT2D eigenvalue weighted by atomic mass is 10.1. The summed E-state index contributed by atoms with van der Waals surface area (Å²) in [5.41, 5.74) is 2.54. The molecule has 0 N–H and O–H groups in total. The Morgan fingerprint density at radius 3 is 2.73 bits per heavy atom. The van der Waals surface area contributed by atoms with Crippen LogP contribution in [0.15, 0.2) is 42.7 Å². The Labute approximate surface area is 157 Å². The summed E-state index contributed by atoms with van der Waals surface area (Å²) in [5.74, 6) is 0. The summed E-state index contributed by atoms with van der Waals surface area (Å²) in [5, 5.41) is 16.0. The van der Waals surface area contributed by atoms with E-state index in [4.69, 9.17) is 11.6 Å². The van der Waals surface area contributed by atoms with Crippen LogP contribution in [0.2, 0.25) is 5.02 Å². The first-order valence-electron chi connectivity index (χ1n) is 8.94. The second-order valence-electron chi connectivity index (χ2n) is 6.43. The second kappa shape index (κ2) is 6.74. The quantitative estimate of drug-likeness (QED) is 0.395. The Hall–Kier alpha value is -2.37. The number of benzene rings is 1. The van der Waals surface area contributed by atoms with Crippen molar-refractivity contribution in [3.05, 3.63) is 53.0 Å². The molecule has 4 aromatic rings. The number of rotatable bonds is 5. The van der Waals surface area contributed by atoms with Gasteiger partial charge in [-0.1, -0.05) is 25.4 Å². The first-order chi connectivity index (χ1) is 12.6. The molecule has 5 nitrogen and oxygen atoms in total. The highest BCUT2D eigenvalue weighted by Gasteiger charge is 2.19. The minimum absolute atomic E-state index is 0.561. The van der Waals surface area contributed by atoms with Crippen LogP contribution in [0.5, 0.6) is 0 Å². The van der Waals surface area contributed by atoms with Crippen LogP contribution in [0.3, 0.4) is 0 Å².